The van der Waals surface area contributed by atoms with Gasteiger partial charge >= 0.3 is 0 Å². The van der Waals surface area contributed by atoms with Crippen molar-refractivity contribution in [1.82, 2.24) is 15.0 Å². The fourth-order valence-electron chi connectivity index (χ4n) is 2.97. The lowest BCUT2D eigenvalue weighted by molar-refractivity contribution is 0.00676. The molecule has 2 aromatic rings. The van der Waals surface area contributed by atoms with E-state index in [1.165, 1.54) is 0 Å². The largest absolute Gasteiger partial charge is 0.381 e. The number of hydrogen-bond donors (Lipinski definition) is 1. The molecule has 2 N–H and O–H groups in total. The van der Waals surface area contributed by atoms with Crippen LogP contribution in [0.3, 0.4) is 0 Å². The summed E-state index contributed by atoms with van der Waals surface area (Å²) in [6.07, 6.45) is 2.20. The van der Waals surface area contributed by atoms with Gasteiger partial charge in [-0.05, 0) is 25.0 Å². The van der Waals surface area contributed by atoms with E-state index in [0.717, 1.165) is 24.9 Å². The summed E-state index contributed by atoms with van der Waals surface area (Å²) in [5.74, 6) is 1.15. The first-order valence-corrected chi connectivity index (χ1v) is 8.13. The van der Waals surface area contributed by atoms with E-state index in [2.05, 4.69) is 15.0 Å². The lowest BCUT2D eigenvalue weighted by Gasteiger charge is -2.37. The highest BCUT2D eigenvalue weighted by Gasteiger charge is 2.28. The number of halogens is 2. The molecule has 0 saturated carbocycles. The zero-order valence-corrected chi connectivity index (χ0v) is 15.1. The monoisotopic (exact) mass is 372 g/mol. The Morgan fingerprint density at radius 2 is 2.29 bits per heavy atom. The lowest BCUT2D eigenvalue weighted by atomic mass is 9.99. The van der Waals surface area contributed by atoms with Gasteiger partial charge in [-0.3, -0.25) is 4.90 Å². The summed E-state index contributed by atoms with van der Waals surface area (Å²) in [6, 6.07) is 7.69. The summed E-state index contributed by atoms with van der Waals surface area (Å²) in [6.45, 7) is 2.11. The first-order valence-electron chi connectivity index (χ1n) is 7.75. The average Bonchev–Trinajstić information content (AvgIpc) is 3.04. The predicted octanol–water partition coefficient (Wildman–Crippen LogP) is 2.75. The molecule has 2 unspecified atom stereocenters. The van der Waals surface area contributed by atoms with Gasteiger partial charge in [-0.15, -0.1) is 12.4 Å². The Hall–Kier alpha value is -1.18. The Morgan fingerprint density at radius 3 is 3.00 bits per heavy atom. The highest BCUT2D eigenvalue weighted by molar-refractivity contribution is 6.30. The standard InChI is InChI=1S/C16H21ClN4O2.ClH/c1-22-14-5-6-21(13(8-14)9-18)10-15-19-16(20-23-15)11-3-2-4-12(17)7-11;/h2-4,7,13-14H,5-6,8-10,18H2,1H3;1H. The number of rotatable bonds is 5. The molecule has 0 radical (unpaired) electrons. The molecule has 2 atom stereocenters. The van der Waals surface area contributed by atoms with Crippen molar-refractivity contribution in [2.45, 2.75) is 31.5 Å². The normalized spacial score (nSPS) is 21.5. The second-order valence-corrected chi connectivity index (χ2v) is 6.20. The van der Waals surface area contributed by atoms with E-state index in [0.29, 0.717) is 29.8 Å². The molecule has 1 aliphatic heterocycles. The van der Waals surface area contributed by atoms with Crippen LogP contribution in [0.25, 0.3) is 11.4 Å². The first kappa shape index (κ1) is 19.1. The smallest absolute Gasteiger partial charge is 0.241 e. The number of likely N-dealkylation sites (tertiary alicyclic amines) is 1. The lowest BCUT2D eigenvalue weighted by Crippen LogP contribution is -2.48. The van der Waals surface area contributed by atoms with Crippen molar-refractivity contribution in [2.24, 2.45) is 5.73 Å². The molecule has 2 heterocycles. The van der Waals surface area contributed by atoms with Gasteiger partial charge in [0, 0.05) is 36.8 Å². The van der Waals surface area contributed by atoms with Crippen molar-refractivity contribution in [3.8, 4) is 11.4 Å². The Kier molecular flexibility index (Phi) is 7.01. The summed E-state index contributed by atoms with van der Waals surface area (Å²) in [5.41, 5.74) is 6.75. The van der Waals surface area contributed by atoms with Crippen LogP contribution in [0.5, 0.6) is 0 Å². The van der Waals surface area contributed by atoms with Crippen molar-refractivity contribution in [3.63, 3.8) is 0 Å². The fraction of sp³-hybridized carbons (Fsp3) is 0.500. The minimum Gasteiger partial charge on any atom is -0.381 e. The van der Waals surface area contributed by atoms with Crippen LogP contribution < -0.4 is 5.73 Å². The van der Waals surface area contributed by atoms with Gasteiger partial charge in [0.1, 0.15) is 0 Å². The Balaban J connectivity index is 0.00000208. The van der Waals surface area contributed by atoms with Crippen molar-refractivity contribution in [3.05, 3.63) is 35.2 Å². The number of nitrogens with two attached hydrogens (primary N) is 1. The van der Waals surface area contributed by atoms with Crippen LogP contribution in [-0.4, -0.2) is 47.4 Å². The van der Waals surface area contributed by atoms with Crippen LogP contribution in [0.2, 0.25) is 5.02 Å². The molecule has 1 aromatic carbocycles. The highest BCUT2D eigenvalue weighted by atomic mass is 35.5. The van der Waals surface area contributed by atoms with E-state index in [4.69, 9.17) is 26.6 Å². The third kappa shape index (κ3) is 4.46. The minimum absolute atomic E-state index is 0. The first-order chi connectivity index (χ1) is 11.2. The molecule has 6 nitrogen and oxygen atoms in total. The molecule has 132 valence electrons. The molecule has 0 bridgehead atoms. The average molecular weight is 373 g/mol. The maximum Gasteiger partial charge on any atom is 0.241 e. The van der Waals surface area contributed by atoms with Crippen LogP contribution in [0.15, 0.2) is 28.8 Å². The minimum atomic E-state index is 0. The van der Waals surface area contributed by atoms with Crippen molar-refractivity contribution >= 4 is 24.0 Å². The number of aromatic nitrogens is 2. The van der Waals surface area contributed by atoms with Gasteiger partial charge in [-0.1, -0.05) is 28.9 Å². The van der Waals surface area contributed by atoms with Gasteiger partial charge in [0.05, 0.1) is 12.6 Å². The summed E-state index contributed by atoms with van der Waals surface area (Å²) < 4.78 is 10.8. The van der Waals surface area contributed by atoms with Gasteiger partial charge in [-0.2, -0.15) is 4.98 Å². The topological polar surface area (TPSA) is 77.4 Å². The number of methoxy groups -OCH3 is 1. The molecule has 0 spiro atoms. The third-order valence-corrected chi connectivity index (χ3v) is 4.52. The molecular formula is C16H22Cl2N4O2. The van der Waals surface area contributed by atoms with Gasteiger partial charge in [0.2, 0.25) is 11.7 Å². The molecule has 1 fully saturated rings. The van der Waals surface area contributed by atoms with Gasteiger partial charge in [0.15, 0.2) is 0 Å². The van der Waals surface area contributed by atoms with E-state index in [1.54, 1.807) is 7.11 Å². The number of benzene rings is 1. The van der Waals surface area contributed by atoms with Crippen molar-refractivity contribution in [2.75, 3.05) is 20.2 Å². The molecule has 8 heteroatoms. The van der Waals surface area contributed by atoms with E-state index in [1.807, 2.05) is 24.3 Å². The summed E-state index contributed by atoms with van der Waals surface area (Å²) >= 11 is 6.00. The second-order valence-electron chi connectivity index (χ2n) is 5.76. The number of hydrogen-bond acceptors (Lipinski definition) is 6. The van der Waals surface area contributed by atoms with Crippen LogP contribution in [0.4, 0.5) is 0 Å². The van der Waals surface area contributed by atoms with E-state index < -0.39 is 0 Å². The molecule has 1 aliphatic rings. The highest BCUT2D eigenvalue weighted by Crippen LogP contribution is 2.23. The zero-order valence-electron chi connectivity index (χ0n) is 13.5. The van der Waals surface area contributed by atoms with E-state index >= 15 is 0 Å². The zero-order chi connectivity index (χ0) is 16.2. The SMILES string of the molecule is COC1CCN(Cc2nc(-c3cccc(Cl)c3)no2)C(CN)C1.Cl. The Morgan fingerprint density at radius 1 is 1.46 bits per heavy atom. The molecule has 1 saturated heterocycles. The second kappa shape index (κ2) is 8.78. The summed E-state index contributed by atoms with van der Waals surface area (Å²) in [5, 5.41) is 4.70. The van der Waals surface area contributed by atoms with E-state index in [-0.39, 0.29) is 24.6 Å². The maximum atomic E-state index is 6.00. The third-order valence-electron chi connectivity index (χ3n) is 4.28. The fourth-order valence-corrected chi connectivity index (χ4v) is 3.16. The van der Waals surface area contributed by atoms with Gasteiger partial charge in [-0.25, -0.2) is 0 Å². The molecule has 0 amide bonds. The molecule has 24 heavy (non-hydrogen) atoms. The van der Waals surface area contributed by atoms with Crippen molar-refractivity contribution in [1.29, 1.82) is 0 Å². The van der Waals surface area contributed by atoms with Crippen molar-refractivity contribution < 1.29 is 9.26 Å². The van der Waals surface area contributed by atoms with Crippen LogP contribution in [0.1, 0.15) is 18.7 Å². The number of nitrogens with zero attached hydrogens (tertiary/aromatic N) is 3. The maximum absolute atomic E-state index is 6.00. The predicted molar refractivity (Wildman–Crippen MR) is 95.3 cm³/mol. The molecule has 3 rings (SSSR count). The number of piperidine rings is 1. The summed E-state index contributed by atoms with van der Waals surface area (Å²) in [7, 11) is 1.75. The van der Waals surface area contributed by atoms with Gasteiger partial charge in [0.25, 0.3) is 0 Å². The van der Waals surface area contributed by atoms with Crippen LogP contribution in [-0.2, 0) is 11.3 Å². The number of ether oxygens (including phenoxy) is 1. The van der Waals surface area contributed by atoms with Crippen LogP contribution in [0, 0.1) is 0 Å². The van der Waals surface area contributed by atoms with Crippen LogP contribution >= 0.6 is 24.0 Å². The Bertz CT molecular complexity index is 653. The molecule has 0 aliphatic carbocycles. The Labute approximate surface area is 152 Å². The quantitative estimate of drug-likeness (QED) is 0.869. The summed E-state index contributed by atoms with van der Waals surface area (Å²) in [4.78, 5) is 6.76. The van der Waals surface area contributed by atoms with Gasteiger partial charge < -0.3 is 15.0 Å². The van der Waals surface area contributed by atoms with E-state index in [9.17, 15) is 0 Å². The molecule has 1 aromatic heterocycles. The molecular weight excluding hydrogens is 351 g/mol.